The maximum atomic E-state index is 13.6. The second-order valence-electron chi connectivity index (χ2n) is 6.63. The Labute approximate surface area is 159 Å². The number of imidazole rings is 1. The number of Topliss-reactive ketones (excluding diaryl/α,β-unsaturated/α-hetero) is 1. The average molecular weight is 396 g/mol. The van der Waals surface area contributed by atoms with E-state index in [1.807, 2.05) is 6.08 Å². The van der Waals surface area contributed by atoms with Gasteiger partial charge >= 0.3 is 6.36 Å². The number of ether oxygens (including phenoxy) is 1. The van der Waals surface area contributed by atoms with E-state index in [1.54, 1.807) is 4.57 Å². The van der Waals surface area contributed by atoms with Gasteiger partial charge in [0.25, 0.3) is 0 Å². The molecule has 4 nitrogen and oxygen atoms in total. The highest BCUT2D eigenvalue weighted by atomic mass is 19.4. The lowest BCUT2D eigenvalue weighted by molar-refractivity contribution is -0.274. The van der Waals surface area contributed by atoms with Crippen molar-refractivity contribution in [2.75, 3.05) is 0 Å². The lowest BCUT2D eigenvalue weighted by atomic mass is 10.0. The summed E-state index contributed by atoms with van der Waals surface area (Å²) in [5.74, 6) is -0.370. The molecule has 0 amide bonds. The Morgan fingerprint density at radius 2 is 1.96 bits per heavy atom. The number of hydrogen-bond donors (Lipinski definition) is 0. The van der Waals surface area contributed by atoms with E-state index >= 15 is 0 Å². The molecule has 8 heteroatoms. The Morgan fingerprint density at radius 1 is 1.25 bits per heavy atom. The maximum absolute atomic E-state index is 13.6. The molecule has 0 saturated carbocycles. The lowest BCUT2D eigenvalue weighted by Crippen LogP contribution is -2.20. The number of alkyl halides is 4. The molecule has 0 fully saturated rings. The van der Waals surface area contributed by atoms with Crippen molar-refractivity contribution in [3.8, 4) is 17.0 Å². The van der Waals surface area contributed by atoms with Gasteiger partial charge in [0.05, 0.1) is 11.4 Å². The first-order valence-electron chi connectivity index (χ1n) is 9.05. The van der Waals surface area contributed by atoms with Crippen molar-refractivity contribution in [2.24, 2.45) is 0 Å². The highest BCUT2D eigenvalue weighted by molar-refractivity contribution is 5.96. The molecule has 0 N–H and O–H groups in total. The molecule has 0 atom stereocenters. The van der Waals surface area contributed by atoms with Crippen molar-refractivity contribution in [3.63, 3.8) is 0 Å². The van der Waals surface area contributed by atoms with Crippen LogP contribution in [-0.4, -0.2) is 21.7 Å². The summed E-state index contributed by atoms with van der Waals surface area (Å²) in [4.78, 5) is 16.6. The number of aromatic nitrogens is 2. The first kappa shape index (κ1) is 20.1. The lowest BCUT2D eigenvalue weighted by Gasteiger charge is -2.19. The van der Waals surface area contributed by atoms with Gasteiger partial charge in [0, 0.05) is 18.5 Å². The number of ketones is 1. The first-order chi connectivity index (χ1) is 13.3. The minimum absolute atomic E-state index is 0.0997. The highest BCUT2D eigenvalue weighted by Crippen LogP contribution is 2.33. The summed E-state index contributed by atoms with van der Waals surface area (Å²) in [6.07, 6.45) is 0.410. The molecule has 0 bridgehead atoms. The third-order valence-electron chi connectivity index (χ3n) is 4.52. The number of rotatable bonds is 6. The van der Waals surface area contributed by atoms with Crippen LogP contribution in [0.3, 0.4) is 0 Å². The molecule has 1 aliphatic rings. The molecule has 150 valence electrons. The molecule has 1 aliphatic heterocycles. The number of allylic oxidation sites excluding steroid dienone is 2. The monoisotopic (exact) mass is 396 g/mol. The molecule has 1 aromatic heterocycles. The number of hydrogen-bond acceptors (Lipinski definition) is 3. The van der Waals surface area contributed by atoms with Gasteiger partial charge in [-0.15, -0.1) is 13.2 Å². The first-order valence-corrected chi connectivity index (χ1v) is 9.05. The summed E-state index contributed by atoms with van der Waals surface area (Å²) in [7, 11) is 0. The van der Waals surface area contributed by atoms with E-state index in [0.717, 1.165) is 37.0 Å². The fraction of sp³-hybridized carbons (Fsp3) is 0.400. The van der Waals surface area contributed by atoms with Crippen LogP contribution in [0.5, 0.6) is 5.75 Å². The Hall–Kier alpha value is -2.64. The summed E-state index contributed by atoms with van der Waals surface area (Å²) in [6.45, 7) is 1.61. The van der Waals surface area contributed by atoms with Crippen LogP contribution in [-0.2, 0) is 13.2 Å². The number of benzene rings is 1. The maximum Gasteiger partial charge on any atom is 0.573 e. The normalized spacial score (nSPS) is 15.8. The molecular weight excluding hydrogens is 376 g/mol. The standard InChI is InChI=1S/C20H20F4N2O2/c1-2-3-4-5-13-10-17(27)19-25-16(11-21)18(26(19)12-13)14-6-8-15(9-7-14)28-20(22,23)24/h5-9H,2-4,10-12H2,1H3/b13-5-. The zero-order valence-electron chi connectivity index (χ0n) is 15.4. The quantitative estimate of drug-likeness (QED) is 0.362. The molecule has 0 saturated heterocycles. The predicted molar refractivity (Wildman–Crippen MR) is 95.7 cm³/mol. The second kappa shape index (κ2) is 8.16. The van der Waals surface area contributed by atoms with Gasteiger partial charge in [-0.25, -0.2) is 9.37 Å². The van der Waals surface area contributed by atoms with Crippen LogP contribution in [0.4, 0.5) is 17.6 Å². The van der Waals surface area contributed by atoms with Gasteiger partial charge in [-0.3, -0.25) is 4.79 Å². The molecule has 0 spiro atoms. The fourth-order valence-corrected chi connectivity index (χ4v) is 3.29. The molecule has 2 heterocycles. The van der Waals surface area contributed by atoms with Crippen LogP contribution in [0.1, 0.15) is 48.9 Å². The van der Waals surface area contributed by atoms with Crippen LogP contribution in [0.25, 0.3) is 11.3 Å². The summed E-state index contributed by atoms with van der Waals surface area (Å²) in [5, 5.41) is 0. The van der Waals surface area contributed by atoms with Crippen LogP contribution in [0.2, 0.25) is 0 Å². The smallest absolute Gasteiger partial charge is 0.406 e. The minimum atomic E-state index is -4.79. The number of unbranched alkanes of at least 4 members (excludes halogenated alkanes) is 2. The molecule has 28 heavy (non-hydrogen) atoms. The second-order valence-corrected chi connectivity index (χ2v) is 6.63. The minimum Gasteiger partial charge on any atom is -0.406 e. The van der Waals surface area contributed by atoms with Gasteiger partial charge in [-0.05, 0) is 36.3 Å². The molecule has 0 unspecified atom stereocenters. The number of halogens is 4. The third kappa shape index (κ3) is 4.43. The molecule has 0 aliphatic carbocycles. The molecule has 3 rings (SSSR count). The van der Waals surface area contributed by atoms with Crippen molar-refractivity contribution in [1.29, 1.82) is 0 Å². The summed E-state index contributed by atoms with van der Waals surface area (Å²) < 4.78 is 56.1. The molecular formula is C20H20F4N2O2. The van der Waals surface area contributed by atoms with Crippen LogP contribution < -0.4 is 4.74 Å². The van der Waals surface area contributed by atoms with Crippen molar-refractivity contribution in [1.82, 2.24) is 9.55 Å². The zero-order chi connectivity index (χ0) is 20.3. The van der Waals surface area contributed by atoms with Gasteiger partial charge in [0.1, 0.15) is 12.4 Å². The number of fused-ring (bicyclic) bond motifs is 1. The Morgan fingerprint density at radius 3 is 2.57 bits per heavy atom. The van der Waals surface area contributed by atoms with E-state index in [1.165, 1.54) is 12.1 Å². The number of carbonyl (C=O) groups excluding carboxylic acids is 1. The van der Waals surface area contributed by atoms with Crippen LogP contribution in [0, 0.1) is 0 Å². The SMILES string of the molecule is CCCC/C=C1/CC(=O)c2nc(CF)c(-c3ccc(OC(F)(F)F)cc3)n2C1. The Bertz CT molecular complexity index is 883. The van der Waals surface area contributed by atoms with E-state index in [0.29, 0.717) is 17.8 Å². The van der Waals surface area contributed by atoms with Crippen molar-refractivity contribution < 1.29 is 27.1 Å². The van der Waals surface area contributed by atoms with Crippen molar-refractivity contribution in [3.05, 3.63) is 47.4 Å². The number of nitrogens with zero attached hydrogens (tertiary/aromatic N) is 2. The Balaban J connectivity index is 1.96. The Kier molecular flexibility index (Phi) is 5.86. The van der Waals surface area contributed by atoms with E-state index in [2.05, 4.69) is 16.6 Å². The number of carbonyl (C=O) groups is 1. The van der Waals surface area contributed by atoms with Gasteiger partial charge < -0.3 is 9.30 Å². The molecule has 0 radical (unpaired) electrons. The van der Waals surface area contributed by atoms with Crippen LogP contribution in [0.15, 0.2) is 35.9 Å². The van der Waals surface area contributed by atoms with E-state index in [4.69, 9.17) is 0 Å². The van der Waals surface area contributed by atoms with Crippen molar-refractivity contribution >= 4 is 5.78 Å². The van der Waals surface area contributed by atoms with Crippen molar-refractivity contribution in [2.45, 2.75) is 52.2 Å². The summed E-state index contributed by atoms with van der Waals surface area (Å²) in [5.41, 5.74) is 1.92. The van der Waals surface area contributed by atoms with Crippen LogP contribution >= 0.6 is 0 Å². The van der Waals surface area contributed by atoms with Gasteiger partial charge in [0.2, 0.25) is 5.78 Å². The third-order valence-corrected chi connectivity index (χ3v) is 4.52. The largest absolute Gasteiger partial charge is 0.573 e. The zero-order valence-corrected chi connectivity index (χ0v) is 15.4. The summed E-state index contributed by atoms with van der Waals surface area (Å²) in [6, 6.07) is 5.13. The summed E-state index contributed by atoms with van der Waals surface area (Å²) >= 11 is 0. The van der Waals surface area contributed by atoms with Gasteiger partial charge in [0.15, 0.2) is 5.82 Å². The predicted octanol–water partition coefficient (Wildman–Crippen LogP) is 5.62. The topological polar surface area (TPSA) is 44.1 Å². The van der Waals surface area contributed by atoms with E-state index < -0.39 is 13.0 Å². The highest BCUT2D eigenvalue weighted by Gasteiger charge is 2.31. The average Bonchev–Trinajstić information content (AvgIpc) is 3.00. The molecule has 2 aromatic rings. The molecule has 1 aromatic carbocycles. The van der Waals surface area contributed by atoms with Gasteiger partial charge in [-0.2, -0.15) is 0 Å². The van der Waals surface area contributed by atoms with E-state index in [-0.39, 0.29) is 29.5 Å². The van der Waals surface area contributed by atoms with Gasteiger partial charge in [-0.1, -0.05) is 25.8 Å². The fourth-order valence-electron chi connectivity index (χ4n) is 3.29. The van der Waals surface area contributed by atoms with E-state index in [9.17, 15) is 22.4 Å².